The molecule has 154 valence electrons. The average molecular weight is 403 g/mol. The SMILES string of the molecule is O=C(COc1ccccc1)N1CCCC[C@@H]1c1nc(-c2ccc3c(c2)CCN3)n[nH]1. The molecule has 7 heteroatoms. The fourth-order valence-corrected chi connectivity index (χ4v) is 4.26. The number of carbonyl (C=O) groups excluding carboxylic acids is 1. The predicted octanol–water partition coefficient (Wildman–Crippen LogP) is 3.57. The number of ether oxygens (including phenoxy) is 1. The zero-order valence-electron chi connectivity index (χ0n) is 16.8. The van der Waals surface area contributed by atoms with Crippen LogP contribution in [0.25, 0.3) is 11.4 Å². The lowest BCUT2D eigenvalue weighted by Crippen LogP contribution is -2.41. The van der Waals surface area contributed by atoms with Crippen molar-refractivity contribution in [2.75, 3.05) is 25.0 Å². The Morgan fingerprint density at radius 3 is 2.97 bits per heavy atom. The van der Waals surface area contributed by atoms with Crippen molar-refractivity contribution in [2.24, 2.45) is 0 Å². The highest BCUT2D eigenvalue weighted by atomic mass is 16.5. The molecule has 0 unspecified atom stereocenters. The van der Waals surface area contributed by atoms with Gasteiger partial charge in [-0.15, -0.1) is 0 Å². The molecule has 0 spiro atoms. The summed E-state index contributed by atoms with van der Waals surface area (Å²) in [6.45, 7) is 1.71. The number of amides is 1. The highest BCUT2D eigenvalue weighted by molar-refractivity contribution is 5.78. The van der Waals surface area contributed by atoms with E-state index in [1.54, 1.807) is 0 Å². The molecule has 2 aliphatic heterocycles. The maximum absolute atomic E-state index is 12.9. The van der Waals surface area contributed by atoms with Gasteiger partial charge in [-0.1, -0.05) is 18.2 Å². The minimum atomic E-state index is -0.0945. The number of rotatable bonds is 5. The van der Waals surface area contributed by atoms with Crippen molar-refractivity contribution in [3.63, 3.8) is 0 Å². The minimum Gasteiger partial charge on any atom is -0.484 e. The molecular formula is C23H25N5O2. The fourth-order valence-electron chi connectivity index (χ4n) is 4.26. The maximum Gasteiger partial charge on any atom is 0.261 e. The number of H-pyrrole nitrogens is 1. The largest absolute Gasteiger partial charge is 0.484 e. The second-order valence-corrected chi connectivity index (χ2v) is 7.79. The van der Waals surface area contributed by atoms with E-state index < -0.39 is 0 Å². The Morgan fingerprint density at radius 1 is 1.17 bits per heavy atom. The summed E-state index contributed by atoms with van der Waals surface area (Å²) in [4.78, 5) is 19.5. The van der Waals surface area contributed by atoms with Crippen LogP contribution in [0.5, 0.6) is 5.75 Å². The van der Waals surface area contributed by atoms with E-state index in [1.165, 1.54) is 11.3 Å². The lowest BCUT2D eigenvalue weighted by atomic mass is 10.0. The van der Waals surface area contributed by atoms with E-state index in [2.05, 4.69) is 27.6 Å². The third kappa shape index (κ3) is 3.75. The number of likely N-dealkylation sites (tertiary alicyclic amines) is 1. The highest BCUT2D eigenvalue weighted by Gasteiger charge is 2.31. The molecule has 30 heavy (non-hydrogen) atoms. The summed E-state index contributed by atoms with van der Waals surface area (Å²) < 4.78 is 5.68. The first-order valence-corrected chi connectivity index (χ1v) is 10.5. The summed E-state index contributed by atoms with van der Waals surface area (Å²) in [5.41, 5.74) is 3.49. The van der Waals surface area contributed by atoms with Crippen LogP contribution in [0.2, 0.25) is 0 Å². The Bertz CT molecular complexity index is 1030. The molecule has 3 aromatic rings. The van der Waals surface area contributed by atoms with E-state index >= 15 is 0 Å². The minimum absolute atomic E-state index is 0.0230. The molecular weight excluding hydrogens is 378 g/mol. The molecule has 1 atom stereocenters. The van der Waals surface area contributed by atoms with E-state index in [9.17, 15) is 4.79 Å². The normalized spacial score (nSPS) is 18.0. The first-order chi connectivity index (χ1) is 14.8. The first kappa shape index (κ1) is 18.7. The van der Waals surface area contributed by atoms with Gasteiger partial charge in [0.1, 0.15) is 11.6 Å². The zero-order chi connectivity index (χ0) is 20.3. The monoisotopic (exact) mass is 403 g/mol. The Kier molecular flexibility index (Phi) is 5.09. The summed E-state index contributed by atoms with van der Waals surface area (Å²) in [6.07, 6.45) is 3.95. The van der Waals surface area contributed by atoms with Gasteiger partial charge in [0, 0.05) is 24.3 Å². The van der Waals surface area contributed by atoms with Gasteiger partial charge in [-0.3, -0.25) is 9.89 Å². The number of benzene rings is 2. The number of anilines is 1. The maximum atomic E-state index is 12.9. The Balaban J connectivity index is 1.31. The molecule has 5 rings (SSSR count). The third-order valence-electron chi connectivity index (χ3n) is 5.82. The van der Waals surface area contributed by atoms with Crippen LogP contribution in [-0.2, 0) is 11.2 Å². The molecule has 0 aliphatic carbocycles. The zero-order valence-corrected chi connectivity index (χ0v) is 16.8. The molecule has 0 saturated carbocycles. The van der Waals surface area contributed by atoms with E-state index in [0.29, 0.717) is 18.1 Å². The van der Waals surface area contributed by atoms with Gasteiger partial charge in [0.15, 0.2) is 12.4 Å². The van der Waals surface area contributed by atoms with Crippen molar-refractivity contribution >= 4 is 11.6 Å². The van der Waals surface area contributed by atoms with Crippen molar-refractivity contribution in [2.45, 2.75) is 31.7 Å². The molecule has 3 heterocycles. The number of nitrogens with zero attached hydrogens (tertiary/aromatic N) is 3. The van der Waals surface area contributed by atoms with Gasteiger partial charge in [0.25, 0.3) is 5.91 Å². The van der Waals surface area contributed by atoms with E-state index in [0.717, 1.165) is 43.6 Å². The van der Waals surface area contributed by atoms with E-state index in [-0.39, 0.29) is 18.6 Å². The van der Waals surface area contributed by atoms with Crippen molar-refractivity contribution in [1.29, 1.82) is 0 Å². The van der Waals surface area contributed by atoms with Crippen LogP contribution in [0.3, 0.4) is 0 Å². The van der Waals surface area contributed by atoms with Crippen molar-refractivity contribution in [1.82, 2.24) is 20.1 Å². The second-order valence-electron chi connectivity index (χ2n) is 7.79. The van der Waals surface area contributed by atoms with Gasteiger partial charge in [-0.25, -0.2) is 4.98 Å². The van der Waals surface area contributed by atoms with E-state index in [4.69, 9.17) is 9.72 Å². The number of para-hydroxylation sites is 1. The van der Waals surface area contributed by atoms with Crippen LogP contribution >= 0.6 is 0 Å². The average Bonchev–Trinajstić information content (AvgIpc) is 3.47. The lowest BCUT2D eigenvalue weighted by Gasteiger charge is -2.34. The quantitative estimate of drug-likeness (QED) is 0.680. The smallest absolute Gasteiger partial charge is 0.261 e. The number of aromatic nitrogens is 3. The van der Waals surface area contributed by atoms with Gasteiger partial charge < -0.3 is 15.0 Å². The Morgan fingerprint density at radius 2 is 2.07 bits per heavy atom. The number of piperidine rings is 1. The number of aromatic amines is 1. The van der Waals surface area contributed by atoms with Crippen LogP contribution in [0.15, 0.2) is 48.5 Å². The van der Waals surface area contributed by atoms with Crippen molar-refractivity contribution < 1.29 is 9.53 Å². The van der Waals surface area contributed by atoms with E-state index in [1.807, 2.05) is 41.3 Å². The van der Waals surface area contributed by atoms with Gasteiger partial charge >= 0.3 is 0 Å². The molecule has 7 nitrogen and oxygen atoms in total. The van der Waals surface area contributed by atoms with Gasteiger partial charge in [0.2, 0.25) is 0 Å². The standard InChI is InChI=1S/C23H25N5O2/c29-21(15-30-18-6-2-1-3-7-18)28-13-5-4-8-20(28)23-25-22(26-27-23)17-9-10-19-16(14-17)11-12-24-19/h1-3,6-7,9-10,14,20,24H,4-5,8,11-13,15H2,(H,25,26,27)/t20-/m1/s1. The van der Waals surface area contributed by atoms with Gasteiger partial charge in [-0.05, 0) is 61.6 Å². The second kappa shape index (κ2) is 8.18. The van der Waals surface area contributed by atoms with Gasteiger partial charge in [0.05, 0.1) is 6.04 Å². The highest BCUT2D eigenvalue weighted by Crippen LogP contribution is 2.31. The number of hydrogen-bond acceptors (Lipinski definition) is 5. The Hall–Kier alpha value is -3.35. The number of hydrogen-bond donors (Lipinski definition) is 2. The molecule has 2 N–H and O–H groups in total. The van der Waals surface area contributed by atoms with Crippen LogP contribution < -0.4 is 10.1 Å². The molecule has 2 aromatic carbocycles. The van der Waals surface area contributed by atoms with Crippen molar-refractivity contribution in [3.8, 4) is 17.1 Å². The number of fused-ring (bicyclic) bond motifs is 1. The number of nitrogens with one attached hydrogen (secondary N) is 2. The Labute approximate surface area is 175 Å². The summed E-state index contributed by atoms with van der Waals surface area (Å²) in [7, 11) is 0. The molecule has 0 radical (unpaired) electrons. The lowest BCUT2D eigenvalue weighted by molar-refractivity contribution is -0.137. The molecule has 1 aromatic heterocycles. The fraction of sp³-hybridized carbons (Fsp3) is 0.348. The van der Waals surface area contributed by atoms with Crippen molar-refractivity contribution in [3.05, 3.63) is 59.9 Å². The summed E-state index contributed by atoms with van der Waals surface area (Å²) in [5.74, 6) is 2.10. The third-order valence-corrected chi connectivity index (χ3v) is 5.82. The van der Waals surface area contributed by atoms with Crippen LogP contribution in [-0.4, -0.2) is 45.7 Å². The topological polar surface area (TPSA) is 83.1 Å². The molecule has 0 bridgehead atoms. The predicted molar refractivity (Wildman–Crippen MR) is 114 cm³/mol. The molecule has 1 amide bonds. The summed E-state index contributed by atoms with van der Waals surface area (Å²) >= 11 is 0. The van der Waals surface area contributed by atoms with Crippen LogP contribution in [0.4, 0.5) is 5.69 Å². The first-order valence-electron chi connectivity index (χ1n) is 10.5. The molecule has 2 aliphatic rings. The van der Waals surface area contributed by atoms with Crippen LogP contribution in [0, 0.1) is 0 Å². The number of carbonyl (C=O) groups is 1. The van der Waals surface area contributed by atoms with Crippen LogP contribution in [0.1, 0.15) is 36.7 Å². The molecule has 1 saturated heterocycles. The summed E-state index contributed by atoms with van der Waals surface area (Å²) in [5, 5.41) is 10.9. The molecule has 1 fully saturated rings. The van der Waals surface area contributed by atoms with Gasteiger partial charge in [-0.2, -0.15) is 5.10 Å². The summed E-state index contributed by atoms with van der Waals surface area (Å²) in [6, 6.07) is 15.6.